The number of anilines is 1. The van der Waals surface area contributed by atoms with Crippen LogP contribution in [0.25, 0.3) is 5.69 Å². The van der Waals surface area contributed by atoms with E-state index >= 15 is 0 Å². The molecule has 0 spiro atoms. The number of ether oxygens (including phenoxy) is 1. The minimum atomic E-state index is -1.24. The van der Waals surface area contributed by atoms with Crippen molar-refractivity contribution >= 4 is 17.6 Å². The van der Waals surface area contributed by atoms with Crippen LogP contribution >= 0.6 is 0 Å². The number of nitrogens with two attached hydrogens (primary N) is 1. The summed E-state index contributed by atoms with van der Waals surface area (Å²) in [7, 11) is 0. The smallest absolute Gasteiger partial charge is 0.337 e. The van der Waals surface area contributed by atoms with Crippen LogP contribution in [0.5, 0.6) is 23.5 Å². The second-order valence-corrected chi connectivity index (χ2v) is 4.71. The van der Waals surface area contributed by atoms with E-state index in [2.05, 4.69) is 4.74 Å². The molecule has 116 valence electrons. The highest BCUT2D eigenvalue weighted by atomic mass is 16.6. The second kappa shape index (κ2) is 4.35. The Morgan fingerprint density at radius 1 is 1.09 bits per heavy atom. The van der Waals surface area contributed by atoms with Crippen LogP contribution in [-0.4, -0.2) is 41.5 Å². The number of rotatable bonds is 2. The summed E-state index contributed by atoms with van der Waals surface area (Å²) >= 11 is 0. The molecule has 10 heteroatoms. The van der Waals surface area contributed by atoms with E-state index in [4.69, 9.17) is 5.73 Å². The molecule has 1 unspecified atom stereocenters. The van der Waals surface area contributed by atoms with Gasteiger partial charge in [-0.2, -0.15) is 0 Å². The summed E-state index contributed by atoms with van der Waals surface area (Å²) in [4.78, 5) is 22.7. The van der Waals surface area contributed by atoms with Gasteiger partial charge < -0.3 is 30.9 Å². The zero-order valence-corrected chi connectivity index (χ0v) is 10.9. The van der Waals surface area contributed by atoms with E-state index in [9.17, 15) is 30.0 Å². The van der Waals surface area contributed by atoms with Crippen molar-refractivity contribution < 1.29 is 34.8 Å². The lowest BCUT2D eigenvalue weighted by Gasteiger charge is -2.11. The first-order valence-electron chi connectivity index (χ1n) is 6.08. The molecule has 3 rings (SSSR count). The van der Waals surface area contributed by atoms with Gasteiger partial charge in [-0.1, -0.05) is 0 Å². The fraction of sp³-hybridized carbons (Fsp3) is 0.167. The normalized spacial score (nSPS) is 17.9. The predicted octanol–water partition coefficient (Wildman–Crippen LogP) is -0.302. The maximum atomic E-state index is 11.6. The third-order valence-corrected chi connectivity index (χ3v) is 3.35. The molecule has 1 atom stereocenters. The topological polar surface area (TPSA) is 160 Å². The molecule has 0 bridgehead atoms. The number of aromatic nitrogens is 2. The Kier molecular flexibility index (Phi) is 2.70. The molecule has 0 aromatic carbocycles. The van der Waals surface area contributed by atoms with Gasteiger partial charge >= 0.3 is 11.9 Å². The number of carbonyl (C=O) groups excluding carboxylic acids is 2. The Labute approximate surface area is 122 Å². The van der Waals surface area contributed by atoms with Crippen molar-refractivity contribution in [2.24, 2.45) is 0 Å². The molecule has 1 fully saturated rings. The molecule has 2 aromatic heterocycles. The van der Waals surface area contributed by atoms with Gasteiger partial charge in [-0.25, -0.2) is 9.36 Å². The minimum Gasteiger partial charge on any atom is -0.494 e. The van der Waals surface area contributed by atoms with Gasteiger partial charge in [0.05, 0.1) is 12.1 Å². The largest absolute Gasteiger partial charge is 0.494 e. The summed E-state index contributed by atoms with van der Waals surface area (Å²) in [5.41, 5.74) is 5.06. The number of aromatic hydroxyl groups is 4. The summed E-state index contributed by atoms with van der Waals surface area (Å²) in [5.74, 6) is -3.99. The van der Waals surface area contributed by atoms with E-state index in [0.29, 0.717) is 0 Å². The van der Waals surface area contributed by atoms with Crippen molar-refractivity contribution in [1.82, 2.24) is 9.13 Å². The van der Waals surface area contributed by atoms with Crippen molar-refractivity contribution in [2.45, 2.75) is 12.5 Å². The lowest BCUT2D eigenvalue weighted by Crippen LogP contribution is -2.13. The van der Waals surface area contributed by atoms with Gasteiger partial charge in [-0.05, 0) is 0 Å². The van der Waals surface area contributed by atoms with Crippen molar-refractivity contribution in [3.8, 4) is 29.2 Å². The molecule has 0 amide bonds. The Morgan fingerprint density at radius 3 is 2.27 bits per heavy atom. The van der Waals surface area contributed by atoms with Gasteiger partial charge in [0.25, 0.3) is 0 Å². The summed E-state index contributed by atoms with van der Waals surface area (Å²) in [6, 6.07) is 0.791. The van der Waals surface area contributed by atoms with E-state index in [0.717, 1.165) is 21.3 Å². The number of esters is 2. The van der Waals surface area contributed by atoms with Crippen molar-refractivity contribution in [1.29, 1.82) is 0 Å². The highest BCUT2D eigenvalue weighted by molar-refractivity contribution is 5.96. The van der Waals surface area contributed by atoms with Gasteiger partial charge in [0, 0.05) is 12.1 Å². The van der Waals surface area contributed by atoms with Gasteiger partial charge in [-0.3, -0.25) is 9.36 Å². The summed E-state index contributed by atoms with van der Waals surface area (Å²) in [6.07, 6.45) is -0.361. The monoisotopic (exact) mass is 309 g/mol. The molecule has 10 nitrogen and oxygen atoms in total. The number of cyclic esters (lactones) is 2. The van der Waals surface area contributed by atoms with Crippen molar-refractivity contribution in [3.63, 3.8) is 0 Å². The number of nitrogens with zero attached hydrogens (tertiary/aromatic N) is 2. The maximum absolute atomic E-state index is 11.6. The van der Waals surface area contributed by atoms with Crippen LogP contribution in [0.2, 0.25) is 0 Å². The summed E-state index contributed by atoms with van der Waals surface area (Å²) < 4.78 is 5.89. The first-order valence-corrected chi connectivity index (χ1v) is 6.08. The molecule has 3 heterocycles. The molecular weight excluding hydrogens is 298 g/mol. The molecule has 1 saturated heterocycles. The molecule has 0 radical (unpaired) electrons. The molecule has 1 aliphatic heterocycles. The highest BCUT2D eigenvalue weighted by Gasteiger charge is 2.38. The van der Waals surface area contributed by atoms with Crippen LogP contribution in [0, 0.1) is 0 Å². The first-order chi connectivity index (χ1) is 10.3. The van der Waals surface area contributed by atoms with E-state index in [1.54, 1.807) is 0 Å². The van der Waals surface area contributed by atoms with Crippen molar-refractivity contribution in [3.05, 3.63) is 12.1 Å². The quantitative estimate of drug-likeness (QED) is 0.373. The van der Waals surface area contributed by atoms with Gasteiger partial charge in [-0.15, -0.1) is 0 Å². The zero-order valence-electron chi connectivity index (χ0n) is 10.9. The van der Waals surface area contributed by atoms with Crippen LogP contribution in [0.4, 0.5) is 5.69 Å². The molecular formula is C12H11N3O7. The summed E-state index contributed by atoms with van der Waals surface area (Å²) in [5, 5.41) is 39.6. The Morgan fingerprint density at radius 2 is 1.77 bits per heavy atom. The SMILES string of the molecule is Nc1cc(O)n(-c2cc(O)n(C3CC(=O)OC3=O)c2O)c1O. The standard InChI is InChI=1S/C12H11N3O7/c13-4-1-7(16)14(10(4)19)5-2-8(17)15(11(5)20)6-3-9(18)22-12(6)21/h1-2,6,16-17,19-20H,3,13H2. The van der Waals surface area contributed by atoms with Crippen LogP contribution in [0.3, 0.4) is 0 Å². The van der Waals surface area contributed by atoms with E-state index in [-0.39, 0.29) is 17.8 Å². The maximum Gasteiger partial charge on any atom is 0.337 e. The predicted molar refractivity (Wildman–Crippen MR) is 69.6 cm³/mol. The van der Waals surface area contributed by atoms with E-state index in [1.807, 2.05) is 0 Å². The zero-order chi connectivity index (χ0) is 16.2. The van der Waals surface area contributed by atoms with Crippen molar-refractivity contribution in [2.75, 3.05) is 5.73 Å². The Hall–Kier alpha value is -3.30. The number of nitrogen functional groups attached to an aromatic ring is 1. The second-order valence-electron chi connectivity index (χ2n) is 4.71. The lowest BCUT2D eigenvalue weighted by molar-refractivity contribution is -0.153. The molecule has 6 N–H and O–H groups in total. The van der Waals surface area contributed by atoms with Gasteiger partial charge in [0.15, 0.2) is 5.88 Å². The van der Waals surface area contributed by atoms with Crippen LogP contribution in [0.15, 0.2) is 12.1 Å². The number of hydrogen-bond donors (Lipinski definition) is 5. The fourth-order valence-electron chi connectivity index (χ4n) is 2.36. The van der Waals surface area contributed by atoms with E-state index < -0.39 is 41.5 Å². The molecule has 2 aromatic rings. The average Bonchev–Trinajstić information content (AvgIpc) is 2.97. The summed E-state index contributed by atoms with van der Waals surface area (Å²) in [6.45, 7) is 0. The van der Waals surface area contributed by atoms with Crippen LogP contribution in [0.1, 0.15) is 12.5 Å². The highest BCUT2D eigenvalue weighted by Crippen LogP contribution is 2.42. The third kappa shape index (κ3) is 1.74. The van der Waals surface area contributed by atoms with Crippen LogP contribution in [-0.2, 0) is 14.3 Å². The van der Waals surface area contributed by atoms with Gasteiger partial charge in [0.1, 0.15) is 11.7 Å². The fourth-order valence-corrected chi connectivity index (χ4v) is 2.36. The average molecular weight is 309 g/mol. The lowest BCUT2D eigenvalue weighted by atomic mass is 10.2. The minimum absolute atomic E-state index is 0.153. The Bertz CT molecular complexity index is 804. The third-order valence-electron chi connectivity index (χ3n) is 3.35. The molecule has 22 heavy (non-hydrogen) atoms. The van der Waals surface area contributed by atoms with Gasteiger partial charge in [0.2, 0.25) is 17.6 Å². The van der Waals surface area contributed by atoms with E-state index in [1.165, 1.54) is 0 Å². The number of carbonyl (C=O) groups is 2. The van der Waals surface area contributed by atoms with Crippen LogP contribution < -0.4 is 5.73 Å². The molecule has 1 aliphatic rings. The molecule has 0 aliphatic carbocycles. The number of hydrogen-bond acceptors (Lipinski definition) is 8. The molecule has 0 saturated carbocycles. The Balaban J connectivity index is 2.15. The first kappa shape index (κ1) is 13.7.